The number of amides is 1. The summed E-state index contributed by atoms with van der Waals surface area (Å²) in [6.07, 6.45) is 1.88. The Bertz CT molecular complexity index is 498. The smallest absolute Gasteiger partial charge is 0.274 e. The summed E-state index contributed by atoms with van der Waals surface area (Å²) >= 11 is 0. The Hall–Kier alpha value is -1.95. The summed E-state index contributed by atoms with van der Waals surface area (Å²) in [6.45, 7) is 1.92. The maximum Gasteiger partial charge on any atom is 0.274 e. The van der Waals surface area contributed by atoms with E-state index < -0.39 is 4.92 Å². The van der Waals surface area contributed by atoms with Gasteiger partial charge in [0, 0.05) is 25.2 Å². The third-order valence-electron chi connectivity index (χ3n) is 3.62. The van der Waals surface area contributed by atoms with E-state index in [9.17, 15) is 14.9 Å². The van der Waals surface area contributed by atoms with Gasteiger partial charge in [-0.25, -0.2) is 0 Å². The molecule has 1 fully saturated rings. The van der Waals surface area contributed by atoms with E-state index in [4.69, 9.17) is 0 Å². The summed E-state index contributed by atoms with van der Waals surface area (Å²) < 4.78 is 0. The molecule has 1 heterocycles. The molecule has 1 aromatic rings. The fourth-order valence-corrected chi connectivity index (χ4v) is 2.53. The van der Waals surface area contributed by atoms with Gasteiger partial charge in [0.1, 0.15) is 0 Å². The summed E-state index contributed by atoms with van der Waals surface area (Å²) in [7, 11) is 1.70. The third kappa shape index (κ3) is 3.33. The van der Waals surface area contributed by atoms with Crippen molar-refractivity contribution in [2.24, 2.45) is 5.92 Å². The molecule has 0 unspecified atom stereocenters. The predicted octanol–water partition coefficient (Wildman–Crippen LogP) is 1.55. The number of rotatable bonds is 4. The molecule has 1 N–H and O–H groups in total. The number of nitrogens with zero attached hydrogens (tertiary/aromatic N) is 2. The number of carbonyl (C=O) groups is 1. The van der Waals surface area contributed by atoms with Crippen LogP contribution in [0.5, 0.6) is 0 Å². The maximum atomic E-state index is 12.3. The number of nitrogens with one attached hydrogen (secondary N) is 1. The second-order valence-corrected chi connectivity index (χ2v) is 5.12. The van der Waals surface area contributed by atoms with Crippen LogP contribution in [0, 0.1) is 16.0 Å². The predicted molar refractivity (Wildman–Crippen MR) is 75.2 cm³/mol. The van der Waals surface area contributed by atoms with Crippen molar-refractivity contribution in [2.75, 3.05) is 20.1 Å². The van der Waals surface area contributed by atoms with E-state index in [1.807, 2.05) is 0 Å². The lowest BCUT2D eigenvalue weighted by molar-refractivity contribution is -0.385. The fourth-order valence-electron chi connectivity index (χ4n) is 2.53. The van der Waals surface area contributed by atoms with Gasteiger partial charge in [-0.2, -0.15) is 0 Å². The molecule has 1 atom stereocenters. The Kier molecular flexibility index (Phi) is 4.68. The topological polar surface area (TPSA) is 75.5 Å². The lowest BCUT2D eigenvalue weighted by Gasteiger charge is -2.27. The number of nitro groups is 1. The zero-order valence-electron chi connectivity index (χ0n) is 11.5. The molecular weight excluding hydrogens is 258 g/mol. The minimum absolute atomic E-state index is 0.0171. The molecule has 1 aromatic carbocycles. The minimum Gasteiger partial charge on any atom is -0.341 e. The van der Waals surface area contributed by atoms with Crippen molar-refractivity contribution in [3.8, 4) is 0 Å². The number of para-hydroxylation sites is 1. The van der Waals surface area contributed by atoms with Crippen LogP contribution in [0.25, 0.3) is 0 Å². The summed E-state index contributed by atoms with van der Waals surface area (Å²) in [5.41, 5.74) is 0.631. The van der Waals surface area contributed by atoms with Crippen LogP contribution < -0.4 is 5.32 Å². The van der Waals surface area contributed by atoms with Gasteiger partial charge >= 0.3 is 0 Å². The summed E-state index contributed by atoms with van der Waals surface area (Å²) in [5.74, 6) is 0.0341. The second kappa shape index (κ2) is 6.47. The van der Waals surface area contributed by atoms with Crippen LogP contribution in [0.4, 0.5) is 5.69 Å². The number of carbonyl (C=O) groups excluding carboxylic acids is 1. The lowest BCUT2D eigenvalue weighted by atomic mass is 9.98. The Morgan fingerprint density at radius 2 is 2.25 bits per heavy atom. The monoisotopic (exact) mass is 277 g/mol. The van der Waals surface area contributed by atoms with Gasteiger partial charge in [0.2, 0.25) is 5.91 Å². The highest BCUT2D eigenvalue weighted by Gasteiger charge is 2.25. The number of piperidine rings is 1. The van der Waals surface area contributed by atoms with Crippen LogP contribution in [-0.2, 0) is 11.3 Å². The van der Waals surface area contributed by atoms with Crippen LogP contribution in [-0.4, -0.2) is 35.9 Å². The van der Waals surface area contributed by atoms with Crippen LogP contribution in [0.2, 0.25) is 0 Å². The quantitative estimate of drug-likeness (QED) is 0.669. The van der Waals surface area contributed by atoms with Crippen molar-refractivity contribution >= 4 is 11.6 Å². The molecule has 1 saturated heterocycles. The van der Waals surface area contributed by atoms with Gasteiger partial charge in [0.15, 0.2) is 0 Å². The molecule has 0 radical (unpaired) electrons. The SMILES string of the molecule is CN(Cc1ccccc1[N+](=O)[O-])C(=O)[C@H]1CCCNC1. The molecule has 1 amide bonds. The Morgan fingerprint density at radius 3 is 2.90 bits per heavy atom. The lowest BCUT2D eigenvalue weighted by Crippen LogP contribution is -2.41. The first-order chi connectivity index (χ1) is 9.59. The summed E-state index contributed by atoms with van der Waals surface area (Å²) in [5, 5.41) is 14.2. The van der Waals surface area contributed by atoms with E-state index >= 15 is 0 Å². The van der Waals surface area contributed by atoms with Gasteiger partial charge in [-0.3, -0.25) is 14.9 Å². The number of nitro benzene ring substituents is 1. The van der Waals surface area contributed by atoms with Gasteiger partial charge < -0.3 is 10.2 Å². The molecule has 0 bridgehead atoms. The zero-order valence-corrected chi connectivity index (χ0v) is 11.5. The molecule has 20 heavy (non-hydrogen) atoms. The molecule has 108 valence electrons. The molecule has 0 saturated carbocycles. The first kappa shape index (κ1) is 14.5. The Morgan fingerprint density at radius 1 is 1.50 bits per heavy atom. The first-order valence-corrected chi connectivity index (χ1v) is 6.77. The molecule has 0 spiro atoms. The van der Waals surface area contributed by atoms with Crippen molar-refractivity contribution in [3.63, 3.8) is 0 Å². The van der Waals surface area contributed by atoms with Crippen LogP contribution in [0.15, 0.2) is 24.3 Å². The van der Waals surface area contributed by atoms with E-state index in [0.29, 0.717) is 12.1 Å². The van der Waals surface area contributed by atoms with Crippen molar-refractivity contribution < 1.29 is 9.72 Å². The van der Waals surface area contributed by atoms with Crippen molar-refractivity contribution in [1.82, 2.24) is 10.2 Å². The highest BCUT2D eigenvalue weighted by Crippen LogP contribution is 2.20. The zero-order chi connectivity index (χ0) is 14.5. The maximum absolute atomic E-state index is 12.3. The van der Waals surface area contributed by atoms with Crippen LogP contribution >= 0.6 is 0 Å². The average Bonchev–Trinajstić information content (AvgIpc) is 2.47. The van der Waals surface area contributed by atoms with E-state index in [1.54, 1.807) is 30.1 Å². The van der Waals surface area contributed by atoms with Gasteiger partial charge in [-0.15, -0.1) is 0 Å². The van der Waals surface area contributed by atoms with Crippen molar-refractivity contribution in [1.29, 1.82) is 0 Å². The largest absolute Gasteiger partial charge is 0.341 e. The molecule has 1 aliphatic rings. The highest BCUT2D eigenvalue weighted by atomic mass is 16.6. The Balaban J connectivity index is 2.05. The van der Waals surface area contributed by atoms with Gasteiger partial charge in [-0.05, 0) is 19.4 Å². The van der Waals surface area contributed by atoms with Crippen LogP contribution in [0.1, 0.15) is 18.4 Å². The van der Waals surface area contributed by atoms with Gasteiger partial charge in [-0.1, -0.05) is 18.2 Å². The van der Waals surface area contributed by atoms with Crippen LogP contribution in [0.3, 0.4) is 0 Å². The standard InChI is InChI=1S/C14H19N3O3/c1-16(14(18)11-6-4-8-15-9-11)10-12-5-2-3-7-13(12)17(19)20/h2-3,5,7,11,15H,4,6,8-10H2,1H3/t11-/m0/s1. The minimum atomic E-state index is -0.407. The molecule has 6 heteroatoms. The van der Waals surface area contributed by atoms with E-state index in [0.717, 1.165) is 19.4 Å². The molecular formula is C14H19N3O3. The fraction of sp³-hybridized carbons (Fsp3) is 0.500. The van der Waals surface area contributed by atoms with E-state index in [-0.39, 0.29) is 24.1 Å². The number of benzene rings is 1. The molecule has 1 aliphatic heterocycles. The first-order valence-electron chi connectivity index (χ1n) is 6.77. The number of hydrogen-bond donors (Lipinski definition) is 1. The second-order valence-electron chi connectivity index (χ2n) is 5.12. The van der Waals surface area contributed by atoms with Gasteiger partial charge in [0.05, 0.1) is 17.4 Å². The normalized spacial score (nSPS) is 18.6. The molecule has 0 aliphatic carbocycles. The van der Waals surface area contributed by atoms with Crippen molar-refractivity contribution in [2.45, 2.75) is 19.4 Å². The molecule has 6 nitrogen and oxygen atoms in total. The number of hydrogen-bond acceptors (Lipinski definition) is 4. The average molecular weight is 277 g/mol. The summed E-state index contributed by atoms with van der Waals surface area (Å²) in [4.78, 5) is 24.4. The Labute approximate surface area is 117 Å². The molecule has 2 rings (SSSR count). The van der Waals surface area contributed by atoms with Gasteiger partial charge in [0.25, 0.3) is 5.69 Å². The summed E-state index contributed by atoms with van der Waals surface area (Å²) in [6, 6.07) is 6.55. The van der Waals surface area contributed by atoms with Crippen molar-refractivity contribution in [3.05, 3.63) is 39.9 Å². The molecule has 0 aromatic heterocycles. The van der Waals surface area contributed by atoms with E-state index in [2.05, 4.69) is 5.32 Å². The van der Waals surface area contributed by atoms with E-state index in [1.165, 1.54) is 6.07 Å². The highest BCUT2D eigenvalue weighted by molar-refractivity contribution is 5.79. The third-order valence-corrected chi connectivity index (χ3v) is 3.62.